The van der Waals surface area contributed by atoms with E-state index < -0.39 is 33.2 Å². The van der Waals surface area contributed by atoms with Crippen molar-refractivity contribution in [1.29, 1.82) is 0 Å². The molecule has 166 valence electrons. The minimum atomic E-state index is -3.71. The molecule has 31 heavy (non-hydrogen) atoms. The third kappa shape index (κ3) is 4.86. The SMILES string of the molecule is COc1ccc(N2C(=O)CN(S(C)(=O)=O)CC2(C)C(=O)NCc2ccc(F)cc2)cc1. The number of piperazine rings is 1. The fraction of sp³-hybridized carbons (Fsp3) is 0.333. The molecule has 0 spiro atoms. The maximum Gasteiger partial charge on any atom is 0.247 e. The number of nitrogens with one attached hydrogen (secondary N) is 1. The Balaban J connectivity index is 1.93. The summed E-state index contributed by atoms with van der Waals surface area (Å²) < 4.78 is 43.6. The average molecular weight is 450 g/mol. The standard InChI is InChI=1S/C21H24FN3O5S/c1-21(20(27)23-12-15-4-6-16(22)7-5-15)14-24(31(3,28)29)13-19(26)25(21)17-8-10-18(30-2)11-9-17/h4-11H,12-14H2,1-3H3,(H,23,27). The van der Waals surface area contributed by atoms with Crippen molar-refractivity contribution >= 4 is 27.5 Å². The number of anilines is 1. The lowest BCUT2D eigenvalue weighted by Gasteiger charge is -2.46. The van der Waals surface area contributed by atoms with Gasteiger partial charge in [0.25, 0.3) is 0 Å². The first-order chi connectivity index (χ1) is 14.5. The lowest BCUT2D eigenvalue weighted by molar-refractivity contribution is -0.133. The van der Waals surface area contributed by atoms with Crippen LogP contribution in [-0.2, 0) is 26.2 Å². The summed E-state index contributed by atoms with van der Waals surface area (Å²) in [5.74, 6) is -0.876. The third-order valence-corrected chi connectivity index (χ3v) is 6.39. The third-order valence-electron chi connectivity index (χ3n) is 5.19. The first kappa shape index (κ1) is 22.7. The fourth-order valence-corrected chi connectivity index (χ4v) is 4.34. The molecule has 1 N–H and O–H groups in total. The number of methoxy groups -OCH3 is 1. The Hall–Kier alpha value is -2.98. The lowest BCUT2D eigenvalue weighted by atomic mass is 9.94. The number of carbonyl (C=O) groups excluding carboxylic acids is 2. The quantitative estimate of drug-likeness (QED) is 0.721. The van der Waals surface area contributed by atoms with Crippen LogP contribution in [-0.4, -0.2) is 56.5 Å². The van der Waals surface area contributed by atoms with Gasteiger partial charge in [0.15, 0.2) is 0 Å². The van der Waals surface area contributed by atoms with Crippen LogP contribution in [0.2, 0.25) is 0 Å². The Kier molecular flexibility index (Phi) is 6.33. The van der Waals surface area contributed by atoms with Gasteiger partial charge in [-0.25, -0.2) is 12.8 Å². The van der Waals surface area contributed by atoms with Crippen molar-refractivity contribution in [3.05, 3.63) is 59.9 Å². The molecule has 8 nitrogen and oxygen atoms in total. The maximum atomic E-state index is 13.3. The van der Waals surface area contributed by atoms with Gasteiger partial charge in [-0.15, -0.1) is 0 Å². The van der Waals surface area contributed by atoms with Crippen LogP contribution >= 0.6 is 0 Å². The fourth-order valence-electron chi connectivity index (χ4n) is 3.51. The number of hydrogen-bond donors (Lipinski definition) is 1. The number of hydrogen-bond acceptors (Lipinski definition) is 5. The molecule has 1 unspecified atom stereocenters. The summed E-state index contributed by atoms with van der Waals surface area (Å²) in [6.45, 7) is 1.04. The normalized spacial score (nSPS) is 19.9. The molecule has 0 bridgehead atoms. The zero-order valence-corrected chi connectivity index (χ0v) is 18.3. The molecule has 10 heteroatoms. The molecule has 1 fully saturated rings. The highest BCUT2D eigenvalue weighted by Crippen LogP contribution is 2.31. The number of ether oxygens (including phenoxy) is 1. The van der Waals surface area contributed by atoms with E-state index in [2.05, 4.69) is 5.32 Å². The van der Waals surface area contributed by atoms with Crippen molar-refractivity contribution in [3.63, 3.8) is 0 Å². The molecule has 0 aliphatic carbocycles. The van der Waals surface area contributed by atoms with E-state index in [1.807, 2.05) is 0 Å². The van der Waals surface area contributed by atoms with E-state index in [1.54, 1.807) is 24.3 Å². The van der Waals surface area contributed by atoms with E-state index in [9.17, 15) is 22.4 Å². The maximum absolute atomic E-state index is 13.3. The van der Waals surface area contributed by atoms with Crippen LogP contribution in [0, 0.1) is 5.82 Å². The Morgan fingerprint density at radius 3 is 2.32 bits per heavy atom. The summed E-state index contributed by atoms with van der Waals surface area (Å²) >= 11 is 0. The first-order valence-corrected chi connectivity index (χ1v) is 11.3. The van der Waals surface area contributed by atoms with Gasteiger partial charge in [-0.3, -0.25) is 14.5 Å². The van der Waals surface area contributed by atoms with Crippen molar-refractivity contribution < 1.29 is 27.1 Å². The van der Waals surface area contributed by atoms with Gasteiger partial charge in [0.1, 0.15) is 17.1 Å². The second-order valence-electron chi connectivity index (χ2n) is 7.54. The van der Waals surface area contributed by atoms with Gasteiger partial charge in [0, 0.05) is 18.8 Å². The van der Waals surface area contributed by atoms with Crippen LogP contribution < -0.4 is 15.0 Å². The van der Waals surface area contributed by atoms with E-state index in [-0.39, 0.29) is 19.6 Å². The van der Waals surface area contributed by atoms with Crippen LogP contribution in [0.1, 0.15) is 12.5 Å². The van der Waals surface area contributed by atoms with Crippen LogP contribution in [0.15, 0.2) is 48.5 Å². The predicted octanol–water partition coefficient (Wildman–Crippen LogP) is 1.52. The molecule has 3 rings (SSSR count). The molecule has 0 radical (unpaired) electrons. The lowest BCUT2D eigenvalue weighted by Crippen LogP contribution is -2.70. The molecule has 1 heterocycles. The zero-order chi connectivity index (χ0) is 22.8. The van der Waals surface area contributed by atoms with Crippen LogP contribution in [0.3, 0.4) is 0 Å². The minimum Gasteiger partial charge on any atom is -0.497 e. The van der Waals surface area contributed by atoms with Gasteiger partial charge in [-0.1, -0.05) is 12.1 Å². The number of sulfonamides is 1. The predicted molar refractivity (Wildman–Crippen MR) is 114 cm³/mol. The molecule has 1 atom stereocenters. The molecule has 0 saturated carbocycles. The summed E-state index contributed by atoms with van der Waals surface area (Å²) in [6, 6.07) is 12.2. The second kappa shape index (κ2) is 8.64. The molecular weight excluding hydrogens is 425 g/mol. The van der Waals surface area contributed by atoms with E-state index >= 15 is 0 Å². The molecule has 2 aromatic carbocycles. The Morgan fingerprint density at radius 2 is 1.77 bits per heavy atom. The number of amides is 2. The largest absolute Gasteiger partial charge is 0.497 e. The molecular formula is C21H24FN3O5S. The van der Waals surface area contributed by atoms with Gasteiger partial charge >= 0.3 is 0 Å². The summed E-state index contributed by atoms with van der Waals surface area (Å²) in [4.78, 5) is 27.6. The van der Waals surface area contributed by atoms with Gasteiger partial charge in [0.05, 0.1) is 19.9 Å². The Morgan fingerprint density at radius 1 is 1.16 bits per heavy atom. The van der Waals surface area contributed by atoms with E-state index in [0.29, 0.717) is 17.0 Å². The van der Waals surface area contributed by atoms with Crippen molar-refractivity contribution in [3.8, 4) is 5.75 Å². The van der Waals surface area contributed by atoms with Crippen molar-refractivity contribution in [2.24, 2.45) is 0 Å². The summed E-state index contributed by atoms with van der Waals surface area (Å²) in [5.41, 5.74) is -0.401. The topological polar surface area (TPSA) is 96.0 Å². The number of nitrogens with zero attached hydrogens (tertiary/aromatic N) is 2. The average Bonchev–Trinajstić information content (AvgIpc) is 2.72. The van der Waals surface area contributed by atoms with Gasteiger partial charge in [-0.05, 0) is 48.9 Å². The highest BCUT2D eigenvalue weighted by molar-refractivity contribution is 7.88. The zero-order valence-electron chi connectivity index (χ0n) is 17.5. The summed E-state index contributed by atoms with van der Waals surface area (Å²) in [7, 11) is -2.20. The van der Waals surface area contributed by atoms with E-state index in [1.165, 1.54) is 43.2 Å². The molecule has 1 aliphatic rings. The Bertz CT molecular complexity index is 1070. The number of carbonyl (C=O) groups is 2. The highest BCUT2D eigenvalue weighted by Gasteiger charge is 2.50. The minimum absolute atomic E-state index is 0.0955. The van der Waals surface area contributed by atoms with E-state index in [4.69, 9.17) is 4.74 Å². The number of benzene rings is 2. The monoisotopic (exact) mass is 449 g/mol. The van der Waals surface area contributed by atoms with Crippen molar-refractivity contribution in [2.75, 3.05) is 31.4 Å². The molecule has 2 aromatic rings. The van der Waals surface area contributed by atoms with Crippen molar-refractivity contribution in [2.45, 2.75) is 19.0 Å². The van der Waals surface area contributed by atoms with Gasteiger partial charge < -0.3 is 10.1 Å². The first-order valence-electron chi connectivity index (χ1n) is 9.49. The van der Waals surface area contributed by atoms with Crippen LogP contribution in [0.4, 0.5) is 10.1 Å². The molecule has 2 amide bonds. The van der Waals surface area contributed by atoms with Crippen LogP contribution in [0.5, 0.6) is 5.75 Å². The molecule has 0 aromatic heterocycles. The van der Waals surface area contributed by atoms with Gasteiger partial charge in [0.2, 0.25) is 21.8 Å². The van der Waals surface area contributed by atoms with E-state index in [0.717, 1.165) is 10.6 Å². The highest BCUT2D eigenvalue weighted by atomic mass is 32.2. The Labute approximate surface area is 180 Å². The number of rotatable bonds is 6. The molecule has 1 aliphatic heterocycles. The number of halogens is 1. The summed E-state index contributed by atoms with van der Waals surface area (Å²) in [6.07, 6.45) is 1.00. The second-order valence-corrected chi connectivity index (χ2v) is 9.52. The van der Waals surface area contributed by atoms with Crippen molar-refractivity contribution in [1.82, 2.24) is 9.62 Å². The molecule has 1 saturated heterocycles. The summed E-state index contributed by atoms with van der Waals surface area (Å²) in [5, 5.41) is 2.74. The van der Waals surface area contributed by atoms with Gasteiger partial charge in [-0.2, -0.15) is 4.31 Å². The van der Waals surface area contributed by atoms with Crippen LogP contribution in [0.25, 0.3) is 0 Å². The smallest absolute Gasteiger partial charge is 0.247 e.